The van der Waals surface area contributed by atoms with E-state index in [2.05, 4.69) is 0 Å². The third-order valence-electron chi connectivity index (χ3n) is 11.8. The van der Waals surface area contributed by atoms with Crippen molar-refractivity contribution in [2.45, 2.75) is 36.5 Å². The molecule has 1 saturated carbocycles. The van der Waals surface area contributed by atoms with Gasteiger partial charge in [0.1, 0.15) is 17.2 Å². The van der Waals surface area contributed by atoms with Crippen LogP contribution in [0.3, 0.4) is 0 Å². The maximum atomic E-state index is 15.5. The number of hydrogen-bond donors (Lipinski definition) is 1. The number of alkyl halides is 6. The second-order valence-electron chi connectivity index (χ2n) is 14.6. The van der Waals surface area contributed by atoms with Crippen LogP contribution >= 0.6 is 11.6 Å². The molecule has 4 amide bonds. The van der Waals surface area contributed by atoms with Gasteiger partial charge in [0.15, 0.2) is 0 Å². The van der Waals surface area contributed by atoms with Crippen molar-refractivity contribution >= 4 is 46.6 Å². The van der Waals surface area contributed by atoms with E-state index < -0.39 is 93.5 Å². The molecule has 2 aliphatic carbocycles. The van der Waals surface area contributed by atoms with Gasteiger partial charge < -0.3 is 14.6 Å². The number of anilines is 2. The minimum absolute atomic E-state index is 0.0418. The van der Waals surface area contributed by atoms with E-state index in [9.17, 15) is 45.8 Å². The summed E-state index contributed by atoms with van der Waals surface area (Å²) in [5.74, 6) is -9.98. The highest BCUT2D eigenvalue weighted by Crippen LogP contribution is 2.66. The zero-order valence-electron chi connectivity index (χ0n) is 30.4. The number of amides is 4. The molecule has 0 aromatic heterocycles. The number of fused-ring (bicyclic) bond motifs is 4. The highest BCUT2D eigenvalue weighted by molar-refractivity contribution is 6.32. The lowest BCUT2D eigenvalue weighted by atomic mass is 9.49. The van der Waals surface area contributed by atoms with Gasteiger partial charge in [-0.15, -0.1) is 0 Å². The van der Waals surface area contributed by atoms with Gasteiger partial charge in [0.2, 0.25) is 23.6 Å². The minimum atomic E-state index is -5.26. The first kappa shape index (κ1) is 39.0. The monoisotopic (exact) mass is 824 g/mol. The van der Waals surface area contributed by atoms with E-state index in [1.807, 2.05) is 0 Å². The summed E-state index contributed by atoms with van der Waals surface area (Å²) in [4.78, 5) is 60.5. The summed E-state index contributed by atoms with van der Waals surface area (Å²) in [6.07, 6.45) is -9.37. The molecule has 0 bridgehead atoms. The molecule has 3 fully saturated rings. The van der Waals surface area contributed by atoms with Gasteiger partial charge >= 0.3 is 12.4 Å². The molecule has 4 aromatic carbocycles. The first-order valence-corrected chi connectivity index (χ1v) is 18.3. The van der Waals surface area contributed by atoms with Crippen LogP contribution in [0.2, 0.25) is 5.02 Å². The van der Waals surface area contributed by atoms with Gasteiger partial charge in [-0.25, -0.2) is 9.80 Å². The highest BCUT2D eigenvalue weighted by atomic mass is 35.5. The largest absolute Gasteiger partial charge is 0.507 e. The van der Waals surface area contributed by atoms with Gasteiger partial charge in [0.25, 0.3) is 0 Å². The molecule has 2 saturated heterocycles. The zero-order chi connectivity index (χ0) is 41.6. The number of ether oxygens (including phenoxy) is 2. The van der Waals surface area contributed by atoms with Gasteiger partial charge in [-0.05, 0) is 60.7 Å². The fourth-order valence-corrected chi connectivity index (χ4v) is 9.73. The Morgan fingerprint density at radius 1 is 0.741 bits per heavy atom. The van der Waals surface area contributed by atoms with Crippen molar-refractivity contribution in [1.82, 2.24) is 0 Å². The Bertz CT molecular complexity index is 2400. The average Bonchev–Trinajstić information content (AvgIpc) is 3.57. The quantitative estimate of drug-likeness (QED) is 0.118. The molecule has 9 nitrogen and oxygen atoms in total. The molecule has 0 unspecified atom stereocenters. The molecule has 2 aliphatic heterocycles. The molecular formula is C42H31ClF6N2O7. The van der Waals surface area contributed by atoms with Crippen molar-refractivity contribution in [1.29, 1.82) is 0 Å². The fourth-order valence-electron chi connectivity index (χ4n) is 9.54. The summed E-state index contributed by atoms with van der Waals surface area (Å²) in [6, 6.07) is 17.7. The summed E-state index contributed by atoms with van der Waals surface area (Å²) in [5.41, 5.74) is -5.29. The van der Waals surface area contributed by atoms with E-state index in [4.69, 9.17) is 21.1 Å². The van der Waals surface area contributed by atoms with Gasteiger partial charge in [0, 0.05) is 28.6 Å². The normalized spacial score (nSPS) is 25.7. The highest BCUT2D eigenvalue weighted by Gasteiger charge is 2.71. The molecule has 0 radical (unpaired) electrons. The van der Waals surface area contributed by atoms with Crippen molar-refractivity contribution in [3.8, 4) is 17.2 Å². The molecule has 4 aromatic rings. The fraction of sp³-hybridized carbons (Fsp3) is 0.286. The number of halogens is 7. The van der Waals surface area contributed by atoms with Crippen LogP contribution in [0.15, 0.2) is 96.6 Å². The lowest BCUT2D eigenvalue weighted by molar-refractivity contribution is -0.143. The van der Waals surface area contributed by atoms with Gasteiger partial charge in [0.05, 0.1) is 59.9 Å². The van der Waals surface area contributed by atoms with Crippen LogP contribution in [0.1, 0.15) is 41.0 Å². The van der Waals surface area contributed by atoms with E-state index in [1.54, 1.807) is 48.5 Å². The van der Waals surface area contributed by atoms with Gasteiger partial charge in [-0.2, -0.15) is 26.3 Å². The third-order valence-corrected chi connectivity index (χ3v) is 12.1. The number of imide groups is 2. The molecule has 4 aliphatic rings. The Kier molecular flexibility index (Phi) is 9.18. The number of nitrogens with zero attached hydrogens (tertiary/aromatic N) is 2. The third kappa shape index (κ3) is 5.76. The number of rotatable bonds is 6. The van der Waals surface area contributed by atoms with E-state index in [-0.39, 0.29) is 46.7 Å². The molecule has 300 valence electrons. The molecule has 2 heterocycles. The second kappa shape index (κ2) is 13.6. The van der Waals surface area contributed by atoms with Crippen LogP contribution in [0.4, 0.5) is 37.7 Å². The van der Waals surface area contributed by atoms with Crippen LogP contribution in [0.25, 0.3) is 0 Å². The predicted octanol–water partition coefficient (Wildman–Crippen LogP) is 8.47. The summed E-state index contributed by atoms with van der Waals surface area (Å²) < 4.78 is 94.9. The number of hydrogen-bond acceptors (Lipinski definition) is 7. The summed E-state index contributed by atoms with van der Waals surface area (Å²) in [6.45, 7) is 0. The Hall–Kier alpha value is -5.83. The molecular weight excluding hydrogens is 794 g/mol. The molecule has 58 heavy (non-hydrogen) atoms. The first-order chi connectivity index (χ1) is 27.4. The van der Waals surface area contributed by atoms with Crippen molar-refractivity contribution in [2.75, 3.05) is 24.0 Å². The summed E-state index contributed by atoms with van der Waals surface area (Å²) in [5, 5.41) is 12.1. The maximum absolute atomic E-state index is 15.5. The van der Waals surface area contributed by atoms with Crippen molar-refractivity contribution < 1.29 is 60.1 Å². The topological polar surface area (TPSA) is 113 Å². The van der Waals surface area contributed by atoms with Crippen LogP contribution in [-0.4, -0.2) is 43.0 Å². The van der Waals surface area contributed by atoms with Crippen LogP contribution in [0.5, 0.6) is 17.2 Å². The Labute approximate surface area is 331 Å². The number of allylic oxidation sites excluding steroid dienone is 2. The lowest BCUT2D eigenvalue weighted by Gasteiger charge is -2.51. The van der Waals surface area contributed by atoms with Crippen molar-refractivity contribution in [3.63, 3.8) is 0 Å². The molecule has 1 N–H and O–H groups in total. The van der Waals surface area contributed by atoms with E-state index >= 15 is 4.79 Å². The van der Waals surface area contributed by atoms with E-state index in [1.165, 1.54) is 38.5 Å². The Balaban J connectivity index is 1.36. The number of benzene rings is 4. The second-order valence-corrected chi connectivity index (χ2v) is 15.1. The number of aromatic hydroxyl groups is 1. The van der Waals surface area contributed by atoms with E-state index in [0.717, 1.165) is 4.90 Å². The number of carbonyl (C=O) groups is 4. The van der Waals surface area contributed by atoms with Crippen LogP contribution < -0.4 is 19.3 Å². The molecule has 16 heteroatoms. The standard InChI is InChI=1S/C42H31ClF6N2O7/c1-57-26-17-31(52)34(32(18-26)58-2)35-27-11-12-28-33(38(55)50(36(28)53)25-14-21(41(44,45)46)13-22(15-25)42(47,48)49)29(27)19-30-37(54)51(24-10-6-9-23(43)16-24)39(56)40(30,35)20-7-4-3-5-8-20/h3-11,13-18,28-30,33,35,52H,12,19H2,1-2H3/t28-,29+,30-,33-,35+,40+/m0/s1. The Morgan fingerprint density at radius 3 is 2.02 bits per heavy atom. The first-order valence-electron chi connectivity index (χ1n) is 17.9. The number of phenols is 1. The summed E-state index contributed by atoms with van der Waals surface area (Å²) in [7, 11) is 2.67. The zero-order valence-corrected chi connectivity index (χ0v) is 31.2. The van der Waals surface area contributed by atoms with Crippen LogP contribution in [0, 0.1) is 23.7 Å². The SMILES string of the molecule is COc1cc(O)c([C@H]2C3=CC[C@@H]4C(=O)N(c5cc(C(F)(F)F)cc(C(F)(F)F)c5)C(=O)[C@@H]4[C@@H]3C[C@H]3C(=O)N(c4cccc(Cl)c4)C(=O)[C@@]23c2ccccc2)c(OC)c1. The van der Waals surface area contributed by atoms with Gasteiger partial charge in [-0.1, -0.05) is 59.6 Å². The molecule has 6 atom stereocenters. The summed E-state index contributed by atoms with van der Waals surface area (Å²) >= 11 is 6.34. The van der Waals surface area contributed by atoms with E-state index in [0.29, 0.717) is 28.2 Å². The smallest absolute Gasteiger partial charge is 0.416 e. The number of phenolic OH excluding ortho intramolecular Hbond substituents is 1. The average molecular weight is 825 g/mol. The lowest BCUT2D eigenvalue weighted by Crippen LogP contribution is -2.53. The van der Waals surface area contributed by atoms with Crippen molar-refractivity contribution in [2.24, 2.45) is 23.7 Å². The van der Waals surface area contributed by atoms with Gasteiger partial charge in [-0.3, -0.25) is 19.2 Å². The maximum Gasteiger partial charge on any atom is 0.416 e. The molecule has 8 rings (SSSR count). The van der Waals surface area contributed by atoms with Crippen molar-refractivity contribution in [3.05, 3.63) is 124 Å². The number of carbonyl (C=O) groups excluding carboxylic acids is 4. The Morgan fingerprint density at radius 2 is 1.41 bits per heavy atom. The van der Waals surface area contributed by atoms with Crippen LogP contribution in [-0.2, 0) is 36.9 Å². The minimum Gasteiger partial charge on any atom is -0.507 e. The number of methoxy groups -OCH3 is 2. The predicted molar refractivity (Wildman–Crippen MR) is 196 cm³/mol. The molecule has 0 spiro atoms.